The maximum atomic E-state index is 11.8. The number of nitrogens with one attached hydrogen (secondary N) is 2. The second-order valence-electron chi connectivity index (χ2n) is 4.75. The molecule has 0 spiro atoms. The number of hydrogen-bond donors (Lipinski definition) is 2. The van der Waals surface area contributed by atoms with Gasteiger partial charge >= 0.3 is 0 Å². The smallest absolute Gasteiger partial charge is 0.248 e. The van der Waals surface area contributed by atoms with E-state index >= 15 is 0 Å². The predicted octanol–water partition coefficient (Wildman–Crippen LogP) is 3.01. The minimum atomic E-state index is -2.93. The zero-order valence-electron chi connectivity index (χ0n) is 11.2. The van der Waals surface area contributed by atoms with Crippen molar-refractivity contribution in [1.29, 1.82) is 0 Å². The summed E-state index contributed by atoms with van der Waals surface area (Å²) >= 11 is 19.1. The molecule has 22 heavy (non-hydrogen) atoms. The molecule has 1 atom stereocenters. The molecule has 1 aliphatic heterocycles. The van der Waals surface area contributed by atoms with Gasteiger partial charge < -0.3 is 0 Å². The number of rotatable bonds is 5. The summed E-state index contributed by atoms with van der Waals surface area (Å²) in [7, 11) is -2.93. The van der Waals surface area contributed by atoms with Crippen molar-refractivity contribution in [3.05, 3.63) is 27.2 Å². The Morgan fingerprint density at radius 2 is 1.91 bits per heavy atom. The van der Waals surface area contributed by atoms with Crippen LogP contribution in [0.15, 0.2) is 12.1 Å². The largest absolute Gasteiger partial charge is 0.296 e. The topological polar surface area (TPSA) is 75.3 Å². The predicted molar refractivity (Wildman–Crippen MR) is 92.8 cm³/mol. The van der Waals surface area contributed by atoms with Crippen molar-refractivity contribution in [2.45, 2.75) is 11.7 Å². The third-order valence-electron chi connectivity index (χ3n) is 2.97. The summed E-state index contributed by atoms with van der Waals surface area (Å²) in [4.78, 5) is 11.8. The Labute approximate surface area is 148 Å². The van der Waals surface area contributed by atoms with Crippen LogP contribution in [-0.4, -0.2) is 36.8 Å². The van der Waals surface area contributed by atoms with Crippen molar-refractivity contribution in [3.8, 4) is 0 Å². The number of carbonyl (C=O) groups excluding carboxylic acids is 1. The number of sulfone groups is 1. The van der Waals surface area contributed by atoms with Gasteiger partial charge in [-0.15, -0.1) is 11.8 Å². The third-order valence-corrected chi connectivity index (χ3v) is 7.07. The van der Waals surface area contributed by atoms with Crippen molar-refractivity contribution in [2.24, 2.45) is 0 Å². The zero-order valence-corrected chi connectivity index (χ0v) is 15.1. The molecule has 1 unspecified atom stereocenters. The van der Waals surface area contributed by atoms with Crippen LogP contribution >= 0.6 is 46.6 Å². The van der Waals surface area contributed by atoms with Crippen molar-refractivity contribution in [1.82, 2.24) is 5.43 Å². The lowest BCUT2D eigenvalue weighted by Crippen LogP contribution is -2.31. The van der Waals surface area contributed by atoms with E-state index in [9.17, 15) is 13.2 Å². The van der Waals surface area contributed by atoms with Crippen LogP contribution in [0.25, 0.3) is 0 Å². The molecule has 1 heterocycles. The van der Waals surface area contributed by atoms with Crippen LogP contribution in [0.2, 0.25) is 15.1 Å². The van der Waals surface area contributed by atoms with Crippen LogP contribution in [0.3, 0.4) is 0 Å². The van der Waals surface area contributed by atoms with Crippen LogP contribution in [0.1, 0.15) is 6.42 Å². The molecule has 1 amide bonds. The van der Waals surface area contributed by atoms with Gasteiger partial charge in [-0.05, 0) is 18.6 Å². The van der Waals surface area contributed by atoms with Crippen molar-refractivity contribution in [2.75, 3.05) is 22.7 Å². The molecule has 0 aliphatic carbocycles. The van der Waals surface area contributed by atoms with E-state index in [1.165, 1.54) is 23.9 Å². The molecule has 1 saturated heterocycles. The van der Waals surface area contributed by atoms with Crippen molar-refractivity contribution >= 4 is 68.0 Å². The highest BCUT2D eigenvalue weighted by Crippen LogP contribution is 2.33. The molecule has 0 bridgehead atoms. The first-order valence-corrected chi connectivity index (χ1v) is 10.3. The Bertz CT molecular complexity index is 659. The number of anilines is 1. The van der Waals surface area contributed by atoms with Gasteiger partial charge in [-0.1, -0.05) is 34.8 Å². The lowest BCUT2D eigenvalue weighted by atomic mass is 10.3. The Hall–Kier alpha value is -0.340. The second kappa shape index (κ2) is 7.49. The molecule has 0 radical (unpaired) electrons. The summed E-state index contributed by atoms with van der Waals surface area (Å²) in [6, 6.07) is 3.00. The fourth-order valence-corrected chi connectivity index (χ4v) is 6.27. The van der Waals surface area contributed by atoms with Gasteiger partial charge in [0.2, 0.25) is 5.91 Å². The fraction of sp³-hybridized carbons (Fsp3) is 0.417. The van der Waals surface area contributed by atoms with Gasteiger partial charge in [0, 0.05) is 10.3 Å². The normalized spacial score (nSPS) is 19.9. The molecule has 2 rings (SSSR count). The molecule has 5 nitrogen and oxygen atoms in total. The van der Waals surface area contributed by atoms with Gasteiger partial charge in [0.15, 0.2) is 9.84 Å². The number of benzene rings is 1. The third kappa shape index (κ3) is 5.09. The van der Waals surface area contributed by atoms with Crippen LogP contribution in [0, 0.1) is 0 Å². The number of hydrogen-bond acceptors (Lipinski definition) is 5. The van der Waals surface area contributed by atoms with Crippen LogP contribution in [-0.2, 0) is 14.6 Å². The Balaban J connectivity index is 1.81. The summed E-state index contributed by atoms with van der Waals surface area (Å²) in [5.74, 6) is 0.181. The molecule has 2 N–H and O–H groups in total. The highest BCUT2D eigenvalue weighted by molar-refractivity contribution is 8.02. The van der Waals surface area contributed by atoms with Crippen molar-refractivity contribution < 1.29 is 13.2 Å². The first-order chi connectivity index (χ1) is 10.3. The summed E-state index contributed by atoms with van der Waals surface area (Å²) in [5.41, 5.74) is 5.48. The van der Waals surface area contributed by atoms with E-state index < -0.39 is 9.84 Å². The maximum absolute atomic E-state index is 11.8. The van der Waals surface area contributed by atoms with Crippen molar-refractivity contribution in [3.63, 3.8) is 0 Å². The average Bonchev–Trinajstić information content (AvgIpc) is 2.74. The molecule has 1 aliphatic rings. The SMILES string of the molecule is O=C(CSC1CCS(=O)(=O)C1)NNc1c(Cl)cc(Cl)cc1Cl. The molecule has 1 aromatic rings. The lowest BCUT2D eigenvalue weighted by Gasteiger charge is -2.13. The average molecular weight is 404 g/mol. The van der Waals surface area contributed by atoms with Crippen LogP contribution in [0.4, 0.5) is 5.69 Å². The van der Waals surface area contributed by atoms with E-state index in [0.717, 1.165) is 0 Å². The number of carbonyl (C=O) groups is 1. The molecule has 0 aromatic heterocycles. The number of halogens is 3. The van der Waals surface area contributed by atoms with E-state index in [4.69, 9.17) is 34.8 Å². The molecule has 122 valence electrons. The first-order valence-electron chi connectivity index (χ1n) is 6.28. The molecular formula is C12H13Cl3N2O3S2. The summed E-state index contributed by atoms with van der Waals surface area (Å²) < 4.78 is 22.7. The summed E-state index contributed by atoms with van der Waals surface area (Å²) in [6.45, 7) is 0. The molecule has 1 aromatic carbocycles. The number of thioether (sulfide) groups is 1. The highest BCUT2D eigenvalue weighted by Gasteiger charge is 2.28. The van der Waals surface area contributed by atoms with E-state index in [2.05, 4.69) is 10.9 Å². The van der Waals surface area contributed by atoms with E-state index in [-0.39, 0.29) is 38.5 Å². The minimum absolute atomic E-state index is 0.0292. The summed E-state index contributed by atoms with van der Waals surface area (Å²) in [5, 5.41) is 0.933. The van der Waals surface area contributed by atoms with Gasteiger partial charge in [-0.25, -0.2) is 8.42 Å². The Morgan fingerprint density at radius 1 is 1.27 bits per heavy atom. The van der Waals surface area contributed by atoms with E-state index in [1.54, 1.807) is 0 Å². The number of amides is 1. The molecular weight excluding hydrogens is 391 g/mol. The van der Waals surface area contributed by atoms with Crippen LogP contribution in [0.5, 0.6) is 0 Å². The lowest BCUT2D eigenvalue weighted by molar-refractivity contribution is -0.118. The second-order valence-corrected chi connectivity index (χ2v) is 9.52. The highest BCUT2D eigenvalue weighted by atomic mass is 35.5. The van der Waals surface area contributed by atoms with Crippen LogP contribution < -0.4 is 10.9 Å². The fourth-order valence-electron chi connectivity index (χ4n) is 1.92. The number of hydrazine groups is 1. The monoisotopic (exact) mass is 402 g/mol. The van der Waals surface area contributed by atoms with Gasteiger partial charge in [0.1, 0.15) is 0 Å². The van der Waals surface area contributed by atoms with E-state index in [0.29, 0.717) is 17.1 Å². The maximum Gasteiger partial charge on any atom is 0.248 e. The van der Waals surface area contributed by atoms with Gasteiger partial charge in [-0.3, -0.25) is 15.6 Å². The van der Waals surface area contributed by atoms with E-state index in [1.807, 2.05) is 0 Å². The first kappa shape index (κ1) is 18.0. The van der Waals surface area contributed by atoms with Gasteiger partial charge in [0.25, 0.3) is 0 Å². The Morgan fingerprint density at radius 3 is 2.45 bits per heavy atom. The Kier molecular flexibility index (Phi) is 6.13. The molecule has 1 fully saturated rings. The molecule has 0 saturated carbocycles. The summed E-state index contributed by atoms with van der Waals surface area (Å²) in [6.07, 6.45) is 0.586. The minimum Gasteiger partial charge on any atom is -0.296 e. The quantitative estimate of drug-likeness (QED) is 0.739. The zero-order chi connectivity index (χ0) is 16.3. The van der Waals surface area contributed by atoms with Gasteiger partial charge in [0.05, 0.1) is 33.0 Å². The standard InChI is InChI=1S/C12H13Cl3N2O3S2/c13-7-3-9(14)12(10(15)4-7)17-16-11(18)5-21-8-1-2-22(19,20)6-8/h3-4,8,17H,1-2,5-6H2,(H,16,18). The molecule has 10 heteroatoms. The van der Waals surface area contributed by atoms with Gasteiger partial charge in [-0.2, -0.15) is 0 Å².